The van der Waals surface area contributed by atoms with Crippen molar-refractivity contribution >= 4 is 0 Å². The predicted molar refractivity (Wildman–Crippen MR) is 101 cm³/mol. The zero-order valence-corrected chi connectivity index (χ0v) is 16.8. The summed E-state index contributed by atoms with van der Waals surface area (Å²) in [7, 11) is 0. The van der Waals surface area contributed by atoms with E-state index in [2.05, 4.69) is 13.8 Å². The maximum absolute atomic E-state index is 13.5. The minimum absolute atomic E-state index is 0.217. The van der Waals surface area contributed by atoms with Crippen LogP contribution in [-0.4, -0.2) is 18.9 Å². The summed E-state index contributed by atoms with van der Waals surface area (Å²) in [5.74, 6) is -1.30. The van der Waals surface area contributed by atoms with Crippen molar-refractivity contribution in [3.63, 3.8) is 0 Å². The van der Waals surface area contributed by atoms with Crippen molar-refractivity contribution in [3.05, 3.63) is 0 Å². The largest absolute Gasteiger partial charge is 0.394 e. The molecule has 152 valence electrons. The van der Waals surface area contributed by atoms with E-state index < -0.39 is 18.2 Å². The van der Waals surface area contributed by atoms with Crippen LogP contribution in [0.15, 0.2) is 0 Å². The molecule has 2 unspecified atom stereocenters. The van der Waals surface area contributed by atoms with Crippen LogP contribution in [0.4, 0.5) is 13.2 Å². The van der Waals surface area contributed by atoms with Crippen molar-refractivity contribution < 1.29 is 17.9 Å². The van der Waals surface area contributed by atoms with Gasteiger partial charge < -0.3 is 4.74 Å². The third-order valence-electron chi connectivity index (χ3n) is 4.96. The van der Waals surface area contributed by atoms with E-state index in [0.717, 1.165) is 44.9 Å². The van der Waals surface area contributed by atoms with Gasteiger partial charge in [-0.25, -0.2) is 0 Å². The monoisotopic (exact) mass is 366 g/mol. The lowest BCUT2D eigenvalue weighted by Gasteiger charge is -2.29. The average Bonchev–Trinajstić information content (AvgIpc) is 2.55. The standard InChI is InChI=1S/C21H41F3O/c1-4-7-9-11-12-14-16-18-20(25-6-3)19(21(22,23)24)17-15-13-10-8-5-2/h19-20H,4-18H2,1-3H3. The molecule has 0 aromatic rings. The molecule has 0 N–H and O–H groups in total. The normalized spacial score (nSPS) is 14.6. The summed E-state index contributed by atoms with van der Waals surface area (Å²) in [6.45, 7) is 6.47. The summed E-state index contributed by atoms with van der Waals surface area (Å²) in [5.41, 5.74) is 0. The summed E-state index contributed by atoms with van der Waals surface area (Å²) >= 11 is 0. The Morgan fingerprint density at radius 1 is 0.640 bits per heavy atom. The molecule has 0 aromatic carbocycles. The van der Waals surface area contributed by atoms with Crippen LogP contribution >= 0.6 is 0 Å². The fraction of sp³-hybridized carbons (Fsp3) is 1.00. The van der Waals surface area contributed by atoms with Gasteiger partial charge in [0.25, 0.3) is 0 Å². The van der Waals surface area contributed by atoms with E-state index >= 15 is 0 Å². The molecule has 0 aromatic heterocycles. The first kappa shape index (κ1) is 24.8. The molecule has 0 saturated carbocycles. The second kappa shape index (κ2) is 16.0. The summed E-state index contributed by atoms with van der Waals surface area (Å²) in [6, 6.07) is 0. The van der Waals surface area contributed by atoms with Gasteiger partial charge in [-0.2, -0.15) is 13.2 Å². The third-order valence-corrected chi connectivity index (χ3v) is 4.96. The Balaban J connectivity index is 4.30. The highest BCUT2D eigenvalue weighted by atomic mass is 19.4. The lowest BCUT2D eigenvalue weighted by molar-refractivity contribution is -0.210. The number of unbranched alkanes of at least 4 members (excludes halogenated alkanes) is 10. The van der Waals surface area contributed by atoms with Crippen molar-refractivity contribution in [1.29, 1.82) is 0 Å². The van der Waals surface area contributed by atoms with Gasteiger partial charge >= 0.3 is 6.18 Å². The number of ether oxygens (including phenoxy) is 1. The summed E-state index contributed by atoms with van der Waals surface area (Å²) in [4.78, 5) is 0. The molecule has 0 saturated heterocycles. The van der Waals surface area contributed by atoms with E-state index in [-0.39, 0.29) is 6.42 Å². The second-order valence-corrected chi connectivity index (χ2v) is 7.25. The molecule has 0 aliphatic rings. The first-order valence-electron chi connectivity index (χ1n) is 10.7. The highest BCUT2D eigenvalue weighted by Gasteiger charge is 2.44. The van der Waals surface area contributed by atoms with Crippen LogP contribution in [0.1, 0.15) is 111 Å². The molecular weight excluding hydrogens is 325 g/mol. The van der Waals surface area contributed by atoms with E-state index in [0.29, 0.717) is 19.4 Å². The van der Waals surface area contributed by atoms with Crippen LogP contribution in [0, 0.1) is 5.92 Å². The van der Waals surface area contributed by atoms with E-state index in [1.54, 1.807) is 6.92 Å². The van der Waals surface area contributed by atoms with Gasteiger partial charge in [-0.15, -0.1) is 0 Å². The fourth-order valence-electron chi connectivity index (χ4n) is 3.45. The molecular formula is C21H41F3O. The Bertz CT molecular complexity index is 279. The van der Waals surface area contributed by atoms with Crippen molar-refractivity contribution in [3.8, 4) is 0 Å². The van der Waals surface area contributed by atoms with Crippen LogP contribution < -0.4 is 0 Å². The lowest BCUT2D eigenvalue weighted by atomic mass is 9.90. The smallest absolute Gasteiger partial charge is 0.378 e. The van der Waals surface area contributed by atoms with Crippen LogP contribution in [0.2, 0.25) is 0 Å². The number of alkyl halides is 3. The van der Waals surface area contributed by atoms with Crippen LogP contribution in [0.3, 0.4) is 0 Å². The van der Waals surface area contributed by atoms with Gasteiger partial charge in [0.2, 0.25) is 0 Å². The Labute approximate surface area is 154 Å². The molecule has 25 heavy (non-hydrogen) atoms. The molecule has 0 aliphatic heterocycles. The maximum atomic E-state index is 13.5. The van der Waals surface area contributed by atoms with Gasteiger partial charge in [0, 0.05) is 6.61 Å². The molecule has 0 rings (SSSR count). The highest BCUT2D eigenvalue weighted by Crippen LogP contribution is 2.36. The summed E-state index contributed by atoms with van der Waals surface area (Å²) in [5, 5.41) is 0. The van der Waals surface area contributed by atoms with Gasteiger partial charge in [-0.05, 0) is 19.8 Å². The van der Waals surface area contributed by atoms with E-state index in [9.17, 15) is 13.2 Å². The SMILES string of the molecule is CCCCCCCCCC(OCC)C(CCCCCCC)C(F)(F)F. The summed E-state index contributed by atoms with van der Waals surface area (Å²) < 4.78 is 46.0. The van der Waals surface area contributed by atoms with Gasteiger partial charge in [-0.1, -0.05) is 90.9 Å². The van der Waals surface area contributed by atoms with Gasteiger partial charge in [0.1, 0.15) is 0 Å². The van der Waals surface area contributed by atoms with Crippen molar-refractivity contribution in [1.82, 2.24) is 0 Å². The third kappa shape index (κ3) is 13.6. The Kier molecular flexibility index (Phi) is 15.8. The number of hydrogen-bond acceptors (Lipinski definition) is 1. The van der Waals surface area contributed by atoms with E-state index in [1.807, 2.05) is 0 Å². The van der Waals surface area contributed by atoms with Gasteiger partial charge in [-0.3, -0.25) is 0 Å². The zero-order valence-electron chi connectivity index (χ0n) is 16.8. The molecule has 0 amide bonds. The van der Waals surface area contributed by atoms with Crippen LogP contribution in [0.5, 0.6) is 0 Å². The van der Waals surface area contributed by atoms with Crippen molar-refractivity contribution in [2.24, 2.45) is 5.92 Å². The second-order valence-electron chi connectivity index (χ2n) is 7.25. The summed E-state index contributed by atoms with van der Waals surface area (Å²) in [6.07, 6.45) is 8.70. The topological polar surface area (TPSA) is 9.23 Å². The molecule has 2 atom stereocenters. The van der Waals surface area contributed by atoms with E-state index in [4.69, 9.17) is 4.74 Å². The van der Waals surface area contributed by atoms with Crippen molar-refractivity contribution in [2.75, 3.05) is 6.61 Å². The zero-order chi connectivity index (χ0) is 19.0. The predicted octanol–water partition coefficient (Wildman–Crippen LogP) is 8.07. The molecule has 0 heterocycles. The molecule has 4 heteroatoms. The molecule has 0 fully saturated rings. The average molecular weight is 367 g/mol. The number of hydrogen-bond donors (Lipinski definition) is 0. The minimum Gasteiger partial charge on any atom is -0.378 e. The highest BCUT2D eigenvalue weighted by molar-refractivity contribution is 4.77. The van der Waals surface area contributed by atoms with Crippen LogP contribution in [-0.2, 0) is 4.74 Å². The maximum Gasteiger partial charge on any atom is 0.394 e. The lowest BCUT2D eigenvalue weighted by Crippen LogP contribution is -2.36. The molecule has 0 spiro atoms. The van der Waals surface area contributed by atoms with E-state index in [1.165, 1.54) is 25.7 Å². The molecule has 0 radical (unpaired) electrons. The Morgan fingerprint density at radius 3 is 1.52 bits per heavy atom. The number of halogens is 3. The van der Waals surface area contributed by atoms with Crippen LogP contribution in [0.25, 0.3) is 0 Å². The fourth-order valence-corrected chi connectivity index (χ4v) is 3.45. The first-order valence-corrected chi connectivity index (χ1v) is 10.7. The Morgan fingerprint density at radius 2 is 1.08 bits per heavy atom. The Hall–Kier alpha value is -0.250. The quantitative estimate of drug-likeness (QED) is 0.236. The molecule has 0 bridgehead atoms. The molecule has 0 aliphatic carbocycles. The first-order chi connectivity index (χ1) is 12.0. The molecule has 1 nitrogen and oxygen atoms in total. The van der Waals surface area contributed by atoms with Gasteiger partial charge in [0.15, 0.2) is 0 Å². The van der Waals surface area contributed by atoms with Crippen molar-refractivity contribution in [2.45, 2.75) is 123 Å². The van der Waals surface area contributed by atoms with Gasteiger partial charge in [0.05, 0.1) is 12.0 Å². The minimum atomic E-state index is -4.15. The number of rotatable bonds is 17.